The third-order valence-corrected chi connectivity index (χ3v) is 6.07. The molecule has 1 heterocycles. The van der Waals surface area contributed by atoms with E-state index in [0.717, 1.165) is 16.7 Å². The second-order valence-corrected chi connectivity index (χ2v) is 11.0. The van der Waals surface area contributed by atoms with Crippen LogP contribution in [-0.2, 0) is 10.8 Å². The van der Waals surface area contributed by atoms with Crippen molar-refractivity contribution in [2.24, 2.45) is 0 Å². The number of hydrogen-bond acceptors (Lipinski definition) is 3. The summed E-state index contributed by atoms with van der Waals surface area (Å²) in [4.78, 5) is 13.4. The van der Waals surface area contributed by atoms with E-state index in [1.165, 1.54) is 12.1 Å². The van der Waals surface area contributed by atoms with Gasteiger partial charge in [-0.25, -0.2) is 9.07 Å². The molecule has 5 nitrogen and oxygen atoms in total. The number of nitrogens with one attached hydrogen (secondary N) is 1. The molecule has 0 saturated heterocycles. The molecular formula is C30H32FN3O2. The molecule has 0 aliphatic heterocycles. The fraction of sp³-hybridized carbons (Fsp3) is 0.267. The molecule has 4 aromatic rings. The van der Waals surface area contributed by atoms with E-state index in [2.05, 4.69) is 10.4 Å². The Morgan fingerprint density at radius 2 is 1.42 bits per heavy atom. The molecule has 1 aromatic heterocycles. The zero-order valence-corrected chi connectivity index (χ0v) is 21.6. The summed E-state index contributed by atoms with van der Waals surface area (Å²) < 4.78 is 15.2. The van der Waals surface area contributed by atoms with E-state index < -0.39 is 0 Å². The number of rotatable bonds is 4. The molecule has 0 bridgehead atoms. The van der Waals surface area contributed by atoms with Crippen LogP contribution in [0.2, 0.25) is 0 Å². The van der Waals surface area contributed by atoms with E-state index in [4.69, 9.17) is 0 Å². The van der Waals surface area contributed by atoms with E-state index >= 15 is 0 Å². The van der Waals surface area contributed by atoms with Gasteiger partial charge in [0.25, 0.3) is 5.91 Å². The van der Waals surface area contributed by atoms with Crippen molar-refractivity contribution < 1.29 is 14.3 Å². The molecule has 4 rings (SSSR count). The summed E-state index contributed by atoms with van der Waals surface area (Å²) in [6, 6.07) is 21.0. The van der Waals surface area contributed by atoms with Gasteiger partial charge in [-0.15, -0.1) is 0 Å². The molecule has 0 aliphatic carbocycles. The molecule has 3 aromatic carbocycles. The summed E-state index contributed by atoms with van der Waals surface area (Å²) in [5, 5.41) is 18.5. The van der Waals surface area contributed by atoms with E-state index in [1.807, 2.05) is 84.0 Å². The number of hydrogen-bond donors (Lipinski definition) is 2. The number of phenolic OH excluding ortho intramolecular Hbond substituents is 1. The molecule has 0 fully saturated rings. The monoisotopic (exact) mass is 485 g/mol. The second kappa shape index (κ2) is 9.26. The highest BCUT2D eigenvalue weighted by Crippen LogP contribution is 2.41. The number of benzene rings is 3. The highest BCUT2D eigenvalue weighted by atomic mass is 19.1. The smallest absolute Gasteiger partial charge is 0.276 e. The Kier molecular flexibility index (Phi) is 6.48. The molecule has 0 radical (unpaired) electrons. The Labute approximate surface area is 211 Å². The predicted molar refractivity (Wildman–Crippen MR) is 142 cm³/mol. The zero-order valence-electron chi connectivity index (χ0n) is 21.6. The fourth-order valence-electron chi connectivity index (χ4n) is 4.13. The summed E-state index contributed by atoms with van der Waals surface area (Å²) in [6.07, 6.45) is 0. The van der Waals surface area contributed by atoms with Gasteiger partial charge < -0.3 is 10.4 Å². The number of anilines is 1. The predicted octanol–water partition coefficient (Wildman–Crippen LogP) is 7.23. The summed E-state index contributed by atoms with van der Waals surface area (Å²) in [7, 11) is 0. The fourth-order valence-corrected chi connectivity index (χ4v) is 4.13. The lowest BCUT2D eigenvalue weighted by Crippen LogP contribution is -2.19. The average molecular weight is 486 g/mol. The Balaban J connectivity index is 1.77. The van der Waals surface area contributed by atoms with Crippen molar-refractivity contribution in [3.05, 3.63) is 95.4 Å². The average Bonchev–Trinajstić information content (AvgIpc) is 3.25. The van der Waals surface area contributed by atoms with Gasteiger partial charge in [0.1, 0.15) is 11.6 Å². The number of halogens is 1. The van der Waals surface area contributed by atoms with Crippen molar-refractivity contribution in [1.29, 1.82) is 0 Å². The Morgan fingerprint density at radius 3 is 1.94 bits per heavy atom. The Bertz CT molecular complexity index is 1360. The van der Waals surface area contributed by atoms with Gasteiger partial charge in [-0.1, -0.05) is 71.9 Å². The van der Waals surface area contributed by atoms with Crippen LogP contribution in [0.4, 0.5) is 10.1 Å². The SMILES string of the molecule is CC(C)(C)c1cc(NC(=O)c2cc(-c3ccccc3)n(-c3ccc(F)cc3)n2)cc(C(C)(C)C)c1O. The maximum Gasteiger partial charge on any atom is 0.276 e. The minimum Gasteiger partial charge on any atom is -0.507 e. The summed E-state index contributed by atoms with van der Waals surface area (Å²) >= 11 is 0. The van der Waals surface area contributed by atoms with Crippen LogP contribution >= 0.6 is 0 Å². The lowest BCUT2D eigenvalue weighted by molar-refractivity contribution is 0.102. The standard InChI is InChI=1S/C30H32FN3O2/c1-29(2,3)23-16-21(17-24(27(23)35)30(4,5)6)32-28(36)25-18-26(19-10-8-7-9-11-19)34(33-25)22-14-12-20(31)13-15-22/h7-18,35H,1-6H3,(H,32,36). The molecule has 1 amide bonds. The summed E-state index contributed by atoms with van der Waals surface area (Å²) in [5.74, 6) is -0.472. The van der Waals surface area contributed by atoms with Gasteiger partial charge in [-0.3, -0.25) is 4.79 Å². The molecule has 6 heteroatoms. The molecule has 0 aliphatic rings. The van der Waals surface area contributed by atoms with Gasteiger partial charge in [0.2, 0.25) is 0 Å². The van der Waals surface area contributed by atoms with Crippen LogP contribution in [0.1, 0.15) is 63.2 Å². The number of carbonyl (C=O) groups is 1. The summed E-state index contributed by atoms with van der Waals surface area (Å²) in [6.45, 7) is 12.1. The van der Waals surface area contributed by atoms with Crippen LogP contribution in [0.15, 0.2) is 72.8 Å². The highest BCUT2D eigenvalue weighted by Gasteiger charge is 2.27. The van der Waals surface area contributed by atoms with Gasteiger partial charge >= 0.3 is 0 Å². The van der Waals surface area contributed by atoms with Crippen LogP contribution in [0.5, 0.6) is 5.75 Å². The van der Waals surface area contributed by atoms with Gasteiger partial charge in [0.15, 0.2) is 5.69 Å². The molecule has 0 unspecified atom stereocenters. The van der Waals surface area contributed by atoms with Crippen LogP contribution in [0.25, 0.3) is 16.9 Å². The number of phenols is 1. The lowest BCUT2D eigenvalue weighted by atomic mass is 9.79. The van der Waals surface area contributed by atoms with E-state index in [9.17, 15) is 14.3 Å². The van der Waals surface area contributed by atoms with Crippen molar-refractivity contribution >= 4 is 11.6 Å². The van der Waals surface area contributed by atoms with Crippen molar-refractivity contribution in [3.8, 4) is 22.7 Å². The van der Waals surface area contributed by atoms with E-state index in [0.29, 0.717) is 17.1 Å². The van der Waals surface area contributed by atoms with Gasteiger partial charge in [-0.05, 0) is 53.3 Å². The third-order valence-electron chi connectivity index (χ3n) is 6.07. The van der Waals surface area contributed by atoms with E-state index in [1.54, 1.807) is 22.9 Å². The molecular weight excluding hydrogens is 453 g/mol. The number of aromatic nitrogens is 2. The first-order chi connectivity index (χ1) is 16.8. The van der Waals surface area contributed by atoms with Crippen LogP contribution in [0.3, 0.4) is 0 Å². The largest absolute Gasteiger partial charge is 0.507 e. The second-order valence-electron chi connectivity index (χ2n) is 11.0. The van der Waals surface area contributed by atoms with E-state index in [-0.39, 0.29) is 34.0 Å². The van der Waals surface area contributed by atoms with Crippen molar-refractivity contribution in [1.82, 2.24) is 9.78 Å². The van der Waals surface area contributed by atoms with Crippen LogP contribution in [-0.4, -0.2) is 20.8 Å². The quantitative estimate of drug-likeness (QED) is 0.300. The van der Waals surface area contributed by atoms with Crippen molar-refractivity contribution in [2.75, 3.05) is 5.32 Å². The molecule has 0 atom stereocenters. The van der Waals surface area contributed by atoms with Gasteiger partial charge in [0.05, 0.1) is 11.4 Å². The van der Waals surface area contributed by atoms with Crippen LogP contribution < -0.4 is 5.32 Å². The number of carbonyl (C=O) groups excluding carboxylic acids is 1. The Hall–Kier alpha value is -3.93. The maximum atomic E-state index is 13.6. The number of nitrogens with zero attached hydrogens (tertiary/aromatic N) is 2. The summed E-state index contributed by atoms with van der Waals surface area (Å²) in [5.41, 5.74) is 3.91. The molecule has 36 heavy (non-hydrogen) atoms. The number of aromatic hydroxyl groups is 1. The zero-order chi connectivity index (χ0) is 26.3. The van der Waals surface area contributed by atoms with Gasteiger partial charge in [-0.2, -0.15) is 5.10 Å². The minimum atomic E-state index is -0.376. The van der Waals surface area contributed by atoms with Gasteiger partial charge in [0, 0.05) is 22.4 Å². The normalized spacial score (nSPS) is 12.0. The molecule has 2 N–H and O–H groups in total. The molecule has 186 valence electrons. The van der Waals surface area contributed by atoms with Crippen molar-refractivity contribution in [2.45, 2.75) is 52.4 Å². The number of amides is 1. The third kappa shape index (κ3) is 5.18. The topological polar surface area (TPSA) is 67.2 Å². The first kappa shape index (κ1) is 25.2. The highest BCUT2D eigenvalue weighted by molar-refractivity contribution is 6.03. The molecule has 0 spiro atoms. The first-order valence-electron chi connectivity index (χ1n) is 12.0. The van der Waals surface area contributed by atoms with Crippen molar-refractivity contribution in [3.63, 3.8) is 0 Å². The lowest BCUT2D eigenvalue weighted by Gasteiger charge is -2.28. The molecule has 0 saturated carbocycles. The Morgan fingerprint density at radius 1 is 0.861 bits per heavy atom. The van der Waals surface area contributed by atoms with Crippen LogP contribution in [0, 0.1) is 5.82 Å². The minimum absolute atomic E-state index is 0.223. The maximum absolute atomic E-state index is 13.6. The first-order valence-corrected chi connectivity index (χ1v) is 12.0.